The second-order valence-electron chi connectivity index (χ2n) is 6.68. The number of carbonyl (C=O) groups excluding carboxylic acids is 2. The fraction of sp³-hybridized carbons (Fsp3) is 0.444. The Bertz CT molecular complexity index is 819. The van der Waals surface area contributed by atoms with E-state index in [1.54, 1.807) is 11.8 Å². The van der Waals surface area contributed by atoms with E-state index in [9.17, 15) is 9.59 Å². The Morgan fingerprint density at radius 3 is 2.40 bits per heavy atom. The molecule has 2 N–H and O–H groups in total. The van der Waals surface area contributed by atoms with E-state index in [0.29, 0.717) is 37.3 Å². The van der Waals surface area contributed by atoms with Gasteiger partial charge in [0.15, 0.2) is 5.69 Å². The zero-order chi connectivity index (χ0) is 18.1. The lowest BCUT2D eigenvalue weighted by Gasteiger charge is -2.30. The van der Waals surface area contributed by atoms with Crippen molar-refractivity contribution < 1.29 is 9.59 Å². The number of nitrogens with two attached hydrogens (primary N) is 1. The summed E-state index contributed by atoms with van der Waals surface area (Å²) < 4.78 is 0. The normalized spacial score (nSPS) is 15.4. The van der Waals surface area contributed by atoms with Crippen molar-refractivity contribution in [3.05, 3.63) is 40.7 Å². The van der Waals surface area contributed by atoms with Gasteiger partial charge in [-0.3, -0.25) is 9.59 Å². The summed E-state index contributed by atoms with van der Waals surface area (Å²) in [6.07, 6.45) is 1.21. The Hall–Kier alpha value is -2.70. The van der Waals surface area contributed by atoms with Crippen LogP contribution in [0.4, 0.5) is 0 Å². The van der Waals surface area contributed by atoms with Crippen molar-refractivity contribution in [1.29, 1.82) is 0 Å². The van der Waals surface area contributed by atoms with Gasteiger partial charge in [-0.05, 0) is 45.2 Å². The minimum absolute atomic E-state index is 0.142. The average Bonchev–Trinajstić information content (AvgIpc) is 2.95. The minimum atomic E-state index is -0.288. The SMILES string of the molecule is Cc1ccc(-n2nc(C)c(C(=O)N3CCC(C(N)=O)CC3)n2)c(C)c1. The molecule has 132 valence electrons. The Morgan fingerprint density at radius 1 is 1.12 bits per heavy atom. The van der Waals surface area contributed by atoms with Crippen LogP contribution in [0.15, 0.2) is 18.2 Å². The summed E-state index contributed by atoms with van der Waals surface area (Å²) in [7, 11) is 0. The Balaban J connectivity index is 1.81. The van der Waals surface area contributed by atoms with E-state index in [2.05, 4.69) is 16.3 Å². The van der Waals surface area contributed by atoms with Gasteiger partial charge in [0.1, 0.15) is 0 Å². The molecule has 1 aliphatic heterocycles. The third-order valence-corrected chi connectivity index (χ3v) is 4.74. The predicted molar refractivity (Wildman–Crippen MR) is 93.4 cm³/mol. The summed E-state index contributed by atoms with van der Waals surface area (Å²) in [6, 6.07) is 6.01. The van der Waals surface area contributed by atoms with Gasteiger partial charge in [-0.25, -0.2) is 0 Å². The van der Waals surface area contributed by atoms with Gasteiger partial charge in [0, 0.05) is 19.0 Å². The molecule has 0 saturated carbocycles. The Labute approximate surface area is 146 Å². The van der Waals surface area contributed by atoms with Gasteiger partial charge in [0.2, 0.25) is 5.91 Å². The van der Waals surface area contributed by atoms with Crippen LogP contribution in [-0.4, -0.2) is 44.8 Å². The molecular weight excluding hydrogens is 318 g/mol. The van der Waals surface area contributed by atoms with Crippen molar-refractivity contribution in [2.24, 2.45) is 11.7 Å². The summed E-state index contributed by atoms with van der Waals surface area (Å²) in [5.41, 5.74) is 9.39. The first-order valence-electron chi connectivity index (χ1n) is 8.47. The molecule has 2 amide bonds. The van der Waals surface area contributed by atoms with Crippen molar-refractivity contribution in [2.75, 3.05) is 13.1 Å². The number of likely N-dealkylation sites (tertiary alicyclic amines) is 1. The highest BCUT2D eigenvalue weighted by Gasteiger charge is 2.29. The second-order valence-corrected chi connectivity index (χ2v) is 6.68. The van der Waals surface area contributed by atoms with Crippen molar-refractivity contribution >= 4 is 11.8 Å². The molecule has 0 unspecified atom stereocenters. The molecule has 1 saturated heterocycles. The van der Waals surface area contributed by atoms with Gasteiger partial charge in [-0.2, -0.15) is 9.90 Å². The number of aryl methyl sites for hydroxylation is 3. The van der Waals surface area contributed by atoms with E-state index in [4.69, 9.17) is 5.73 Å². The van der Waals surface area contributed by atoms with Crippen molar-refractivity contribution in [2.45, 2.75) is 33.6 Å². The number of nitrogens with zero attached hydrogens (tertiary/aromatic N) is 4. The molecule has 1 aromatic carbocycles. The largest absolute Gasteiger partial charge is 0.369 e. The van der Waals surface area contributed by atoms with Crippen LogP contribution < -0.4 is 5.73 Å². The minimum Gasteiger partial charge on any atom is -0.369 e. The van der Waals surface area contributed by atoms with Gasteiger partial charge in [-0.1, -0.05) is 17.7 Å². The molecule has 0 aliphatic carbocycles. The summed E-state index contributed by atoms with van der Waals surface area (Å²) in [5.74, 6) is -0.573. The van der Waals surface area contributed by atoms with Crippen molar-refractivity contribution in [3.8, 4) is 5.69 Å². The molecule has 1 aliphatic rings. The molecule has 1 fully saturated rings. The van der Waals surface area contributed by atoms with Gasteiger partial charge in [0.25, 0.3) is 5.91 Å². The van der Waals surface area contributed by atoms with Crippen LogP contribution in [-0.2, 0) is 4.79 Å². The maximum atomic E-state index is 12.8. The molecule has 0 spiro atoms. The van der Waals surface area contributed by atoms with Crippen molar-refractivity contribution in [3.63, 3.8) is 0 Å². The lowest BCUT2D eigenvalue weighted by Crippen LogP contribution is -2.42. The number of aromatic nitrogens is 3. The smallest absolute Gasteiger partial charge is 0.276 e. The summed E-state index contributed by atoms with van der Waals surface area (Å²) in [6.45, 7) is 6.85. The predicted octanol–water partition coefficient (Wildman–Crippen LogP) is 1.53. The lowest BCUT2D eigenvalue weighted by atomic mass is 9.96. The molecule has 0 radical (unpaired) electrons. The second kappa shape index (κ2) is 6.66. The van der Waals surface area contributed by atoms with Crippen LogP contribution in [0, 0.1) is 26.7 Å². The molecule has 2 aromatic rings. The van der Waals surface area contributed by atoms with Crippen LogP contribution in [0.1, 0.15) is 40.2 Å². The standard InChI is InChI=1S/C18H23N5O2/c1-11-4-5-15(12(2)10-11)23-20-13(3)16(21-23)18(25)22-8-6-14(7-9-22)17(19)24/h4-5,10,14H,6-9H2,1-3H3,(H2,19,24). The fourth-order valence-electron chi connectivity index (χ4n) is 3.23. The van der Waals surface area contributed by atoms with E-state index in [0.717, 1.165) is 11.3 Å². The van der Waals surface area contributed by atoms with Crippen LogP contribution in [0.3, 0.4) is 0 Å². The Morgan fingerprint density at radius 2 is 1.80 bits per heavy atom. The first-order valence-corrected chi connectivity index (χ1v) is 8.47. The number of amides is 2. The topological polar surface area (TPSA) is 94.1 Å². The summed E-state index contributed by atoms with van der Waals surface area (Å²) >= 11 is 0. The van der Waals surface area contributed by atoms with E-state index in [1.807, 2.05) is 26.0 Å². The van der Waals surface area contributed by atoms with Crippen LogP contribution in [0.25, 0.3) is 5.69 Å². The number of piperidine rings is 1. The van der Waals surface area contributed by atoms with Crippen LogP contribution in [0.5, 0.6) is 0 Å². The third kappa shape index (κ3) is 3.40. The molecule has 3 rings (SSSR count). The van der Waals surface area contributed by atoms with Crippen LogP contribution in [0.2, 0.25) is 0 Å². The van der Waals surface area contributed by atoms with E-state index < -0.39 is 0 Å². The molecule has 7 nitrogen and oxygen atoms in total. The molecule has 7 heteroatoms. The number of primary amides is 1. The molecule has 0 bridgehead atoms. The highest BCUT2D eigenvalue weighted by Crippen LogP contribution is 2.20. The third-order valence-electron chi connectivity index (χ3n) is 4.74. The maximum absolute atomic E-state index is 12.8. The number of hydrogen-bond donors (Lipinski definition) is 1. The van der Waals surface area contributed by atoms with E-state index >= 15 is 0 Å². The molecular formula is C18H23N5O2. The summed E-state index contributed by atoms with van der Waals surface area (Å²) in [5, 5.41) is 8.84. The number of benzene rings is 1. The highest BCUT2D eigenvalue weighted by molar-refractivity contribution is 5.93. The van der Waals surface area contributed by atoms with Crippen LogP contribution >= 0.6 is 0 Å². The van der Waals surface area contributed by atoms with Crippen molar-refractivity contribution in [1.82, 2.24) is 19.9 Å². The van der Waals surface area contributed by atoms with Gasteiger partial charge in [-0.15, -0.1) is 5.10 Å². The first kappa shape index (κ1) is 17.1. The van der Waals surface area contributed by atoms with Gasteiger partial charge < -0.3 is 10.6 Å². The van der Waals surface area contributed by atoms with Gasteiger partial charge >= 0.3 is 0 Å². The molecule has 0 atom stereocenters. The monoisotopic (exact) mass is 341 g/mol. The quantitative estimate of drug-likeness (QED) is 0.916. The van der Waals surface area contributed by atoms with E-state index in [-0.39, 0.29) is 17.7 Å². The summed E-state index contributed by atoms with van der Waals surface area (Å²) in [4.78, 5) is 27.3. The number of carbonyl (C=O) groups is 2. The maximum Gasteiger partial charge on any atom is 0.276 e. The fourth-order valence-corrected chi connectivity index (χ4v) is 3.23. The van der Waals surface area contributed by atoms with E-state index in [1.165, 1.54) is 10.4 Å². The molecule has 25 heavy (non-hydrogen) atoms. The number of hydrogen-bond acceptors (Lipinski definition) is 4. The molecule has 2 heterocycles. The zero-order valence-corrected chi connectivity index (χ0v) is 14.8. The molecule has 1 aromatic heterocycles. The highest BCUT2D eigenvalue weighted by atomic mass is 16.2. The van der Waals surface area contributed by atoms with Gasteiger partial charge in [0.05, 0.1) is 11.4 Å². The number of rotatable bonds is 3. The Kier molecular flexibility index (Phi) is 4.57. The average molecular weight is 341 g/mol. The lowest BCUT2D eigenvalue weighted by molar-refractivity contribution is -0.123. The first-order chi connectivity index (χ1) is 11.9. The zero-order valence-electron chi connectivity index (χ0n) is 14.8.